The fourth-order valence-corrected chi connectivity index (χ4v) is 3.62. The van der Waals surface area contributed by atoms with Crippen LogP contribution in [0.15, 0.2) is 12.2 Å². The van der Waals surface area contributed by atoms with Crippen molar-refractivity contribution >= 4 is 11.9 Å². The third-order valence-electron chi connectivity index (χ3n) is 5.89. The molecule has 7 atom stereocenters. The van der Waals surface area contributed by atoms with Crippen LogP contribution in [0.1, 0.15) is 60.8 Å². The minimum absolute atomic E-state index is 0. The average molecular weight is 797 g/mol. The largest absolute Gasteiger partial charge is 0 e. The van der Waals surface area contributed by atoms with Crippen LogP contribution < -0.4 is 0 Å². The number of hydrogen-bond acceptors (Lipinski definition) is 9. The van der Waals surface area contributed by atoms with Gasteiger partial charge >= 0.3 is 79.8 Å². The molecule has 0 spiro atoms. The van der Waals surface area contributed by atoms with Gasteiger partial charge in [-0.2, -0.15) is 0 Å². The molecule has 15 nitrogen and oxygen atoms in total. The Kier molecular flexibility index (Phi) is 47.3. The van der Waals surface area contributed by atoms with Gasteiger partial charge in [-0.15, -0.1) is 0 Å². The minimum atomic E-state index is -1.10. The summed E-state index contributed by atoms with van der Waals surface area (Å²) < 4.78 is 72.8. The molecule has 0 amide bonds. The molecular formula is C33H42Co2O15. The third-order valence-corrected chi connectivity index (χ3v) is 5.89. The van der Waals surface area contributed by atoms with Gasteiger partial charge in [0.25, 0.3) is 0 Å². The zero-order chi connectivity index (χ0) is 39.1. The van der Waals surface area contributed by atoms with Crippen LogP contribution in [0.3, 0.4) is 0 Å². The summed E-state index contributed by atoms with van der Waals surface area (Å²) in [6.07, 6.45) is -0.0179. The summed E-state index contributed by atoms with van der Waals surface area (Å²) in [4.78, 5) is 24.6. The molecule has 2 fully saturated rings. The van der Waals surface area contributed by atoms with Crippen molar-refractivity contribution in [3.63, 3.8) is 0 Å². The Morgan fingerprint density at radius 3 is 1.76 bits per heavy atom. The second-order valence-corrected chi connectivity index (χ2v) is 11.3. The van der Waals surface area contributed by atoms with Gasteiger partial charge in [0, 0.05) is 53.7 Å². The Morgan fingerprint density at radius 2 is 1.32 bits per heavy atom. The van der Waals surface area contributed by atoms with Gasteiger partial charge in [-0.25, -0.2) is 0 Å². The van der Waals surface area contributed by atoms with Gasteiger partial charge in [0.1, 0.15) is 31.0 Å². The van der Waals surface area contributed by atoms with Gasteiger partial charge in [-0.1, -0.05) is 11.8 Å². The zero-order valence-electron chi connectivity index (χ0n) is 28.6. The molecule has 2 aliphatic heterocycles. The number of rotatable bonds is 7. The smallest absolute Gasteiger partial charge is 0 e. The van der Waals surface area contributed by atoms with Crippen molar-refractivity contribution in [3.8, 4) is 11.8 Å². The maximum Gasteiger partial charge on any atom is 0 e. The van der Waals surface area contributed by atoms with E-state index in [0.717, 1.165) is 12.8 Å². The van der Waals surface area contributed by atoms with E-state index < -0.39 is 59.4 Å². The van der Waals surface area contributed by atoms with Gasteiger partial charge in [0.15, 0.2) is 6.10 Å². The average Bonchev–Trinajstić information content (AvgIpc) is 3.11. The number of ether oxygens (including phenoxy) is 5. The standard InChI is InChI=1S/C27H42O9.6CO.2Co/c1-26(2,3)24(30)34-16-18(35-25(31)27(4,5)6)14-13-17(32-7)10-8-11-19-21(28)22(29)23-20(36-19)12-9-15-33-23;6*1-2;;/h13-14,17-23,28-29H,9,11-12,15-16H2,1-7H3;;;;;;;;/b14-13+;;;;;;;;/t17?,18-,19+,20-,21+,22-,23-;;;;;;;;/m0......../s1. The van der Waals surface area contributed by atoms with Crippen LogP contribution in [0.5, 0.6) is 0 Å². The quantitative estimate of drug-likeness (QED) is 0.126. The predicted octanol–water partition coefficient (Wildman–Crippen LogP) is 1.94. The SMILES string of the molecule is COC(C#CC[C@H]1O[C@H]2CCCO[C@@H]2[C@@H](O)[C@@H]1O)/C=C/[C@@H](COC(=O)C(C)(C)C)OC(=O)C(C)(C)C.[C-]#[O+].[C-]#[O+].[C-]#[O+].[C-]#[O+].[C-]#[O+].[C-]#[O+].[Co].[Co]. The maximum atomic E-state index is 12.4. The van der Waals surface area contributed by atoms with Crippen molar-refractivity contribution in [2.45, 2.75) is 104 Å². The minimum Gasteiger partial charge on any atom is 0 e. The van der Waals surface area contributed by atoms with E-state index in [4.69, 9.17) is 51.6 Å². The molecule has 2 N–H and O–H groups in total. The Bertz CT molecular complexity index is 1050. The first kappa shape index (κ1) is 62.6. The van der Waals surface area contributed by atoms with E-state index in [1.807, 2.05) is 0 Å². The third kappa shape index (κ3) is 26.3. The van der Waals surface area contributed by atoms with Crippen molar-refractivity contribution in [2.75, 3.05) is 20.3 Å². The number of esters is 2. The molecule has 0 saturated carbocycles. The van der Waals surface area contributed by atoms with E-state index >= 15 is 0 Å². The molecular weight excluding hydrogens is 754 g/mol. The van der Waals surface area contributed by atoms with Crippen LogP contribution in [0, 0.1) is 62.6 Å². The molecule has 50 heavy (non-hydrogen) atoms. The molecule has 282 valence electrons. The second kappa shape index (κ2) is 37.7. The van der Waals surface area contributed by atoms with E-state index in [0.29, 0.717) is 6.61 Å². The van der Waals surface area contributed by atoms with E-state index in [1.165, 1.54) is 7.11 Å². The van der Waals surface area contributed by atoms with Gasteiger partial charge in [-0.3, -0.25) is 9.59 Å². The zero-order valence-corrected chi connectivity index (χ0v) is 30.7. The first-order valence-corrected chi connectivity index (χ1v) is 13.7. The number of fused-ring (bicyclic) bond motifs is 1. The molecule has 0 aliphatic carbocycles. The van der Waals surface area contributed by atoms with Crippen LogP contribution in [0.4, 0.5) is 0 Å². The summed E-state index contributed by atoms with van der Waals surface area (Å²) in [5, 5.41) is 20.8. The molecule has 17 heteroatoms. The van der Waals surface area contributed by atoms with Crippen molar-refractivity contribution in [3.05, 3.63) is 52.1 Å². The summed E-state index contributed by atoms with van der Waals surface area (Å²) in [6, 6.07) is 0. The molecule has 2 rings (SSSR count). The van der Waals surface area contributed by atoms with Crippen LogP contribution in [-0.2, 0) is 94.7 Å². The number of methoxy groups -OCH3 is 1. The van der Waals surface area contributed by atoms with Gasteiger partial charge < -0.3 is 33.9 Å². The Morgan fingerprint density at radius 1 is 0.840 bits per heavy atom. The van der Waals surface area contributed by atoms with Crippen LogP contribution >= 0.6 is 0 Å². The van der Waals surface area contributed by atoms with E-state index in [9.17, 15) is 19.8 Å². The van der Waals surface area contributed by atoms with E-state index in [1.54, 1.807) is 53.7 Å². The first-order valence-electron chi connectivity index (χ1n) is 13.7. The number of carbonyl (C=O) groups is 2. The van der Waals surface area contributed by atoms with Crippen molar-refractivity contribution in [1.82, 2.24) is 0 Å². The molecule has 1 unspecified atom stereocenters. The summed E-state index contributed by atoms with van der Waals surface area (Å²) in [6.45, 7) is 37.8. The normalized spacial score (nSPS) is 20.7. The molecule has 2 aliphatic rings. The molecule has 0 bridgehead atoms. The monoisotopic (exact) mass is 796 g/mol. The number of carbonyl (C=O) groups excluding carboxylic acids is 2. The van der Waals surface area contributed by atoms with Crippen LogP contribution in [-0.4, -0.2) is 85.2 Å². The van der Waals surface area contributed by atoms with Crippen LogP contribution in [0.2, 0.25) is 0 Å². The van der Waals surface area contributed by atoms with Crippen LogP contribution in [0.25, 0.3) is 0 Å². The number of aliphatic hydroxyl groups excluding tert-OH is 2. The van der Waals surface area contributed by atoms with Gasteiger partial charge in [0.2, 0.25) is 0 Å². The molecule has 2 saturated heterocycles. The molecule has 0 aromatic rings. The molecule has 0 aromatic heterocycles. The number of aliphatic hydroxyl groups is 2. The van der Waals surface area contributed by atoms with Crippen molar-refractivity contribution in [1.29, 1.82) is 0 Å². The van der Waals surface area contributed by atoms with E-state index in [-0.39, 0.29) is 52.7 Å². The van der Waals surface area contributed by atoms with Crippen molar-refractivity contribution < 1.29 is 105 Å². The first-order chi connectivity index (χ1) is 22.7. The summed E-state index contributed by atoms with van der Waals surface area (Å²) >= 11 is 0. The number of hydrogen-bond donors (Lipinski definition) is 2. The summed E-state index contributed by atoms with van der Waals surface area (Å²) in [5.41, 5.74) is -1.42. The van der Waals surface area contributed by atoms with Gasteiger partial charge in [0.05, 0.1) is 23.0 Å². The Hall–Kier alpha value is -2.51. The predicted molar refractivity (Wildman–Crippen MR) is 155 cm³/mol. The van der Waals surface area contributed by atoms with Gasteiger partial charge in [-0.05, 0) is 66.5 Å². The Labute approximate surface area is 314 Å². The second-order valence-electron chi connectivity index (χ2n) is 11.3. The molecule has 2 heterocycles. The maximum absolute atomic E-state index is 12.4. The fraction of sp³-hybridized carbons (Fsp3) is 0.636. The summed E-state index contributed by atoms with van der Waals surface area (Å²) in [5.74, 6) is 5.05. The Balaban J connectivity index is -0.000000238. The fourth-order valence-electron chi connectivity index (χ4n) is 3.62. The molecule has 0 aromatic carbocycles. The molecule has 2 radical (unpaired) electrons. The topological polar surface area (TPSA) is 240 Å². The van der Waals surface area contributed by atoms with Crippen molar-refractivity contribution in [2.24, 2.45) is 10.8 Å². The summed E-state index contributed by atoms with van der Waals surface area (Å²) in [7, 11) is 1.49. The van der Waals surface area contributed by atoms with E-state index in [2.05, 4.69) is 51.7 Å².